The SMILES string of the molecule is CC1(C)CCN(C2(CN)CC(C)(C)CC(C)(C)C2)CC1. The highest BCUT2D eigenvalue weighted by atomic mass is 15.2. The first-order valence-corrected chi connectivity index (χ1v) is 8.45. The van der Waals surface area contributed by atoms with Gasteiger partial charge in [0, 0.05) is 12.1 Å². The molecular weight excluding hydrogens is 244 g/mol. The zero-order valence-electron chi connectivity index (χ0n) is 14.7. The summed E-state index contributed by atoms with van der Waals surface area (Å²) in [6, 6.07) is 0. The molecule has 2 N–H and O–H groups in total. The van der Waals surface area contributed by atoms with Gasteiger partial charge in [-0.3, -0.25) is 4.90 Å². The second-order valence-corrected chi connectivity index (χ2v) is 9.94. The summed E-state index contributed by atoms with van der Waals surface area (Å²) < 4.78 is 0. The first kappa shape index (κ1) is 16.3. The second-order valence-electron chi connectivity index (χ2n) is 9.94. The fraction of sp³-hybridized carbons (Fsp3) is 1.00. The van der Waals surface area contributed by atoms with Crippen LogP contribution in [0.1, 0.15) is 73.6 Å². The molecule has 0 amide bonds. The van der Waals surface area contributed by atoms with E-state index < -0.39 is 0 Å². The van der Waals surface area contributed by atoms with E-state index in [-0.39, 0.29) is 5.54 Å². The Kier molecular flexibility index (Phi) is 4.06. The topological polar surface area (TPSA) is 29.3 Å². The third-order valence-corrected chi connectivity index (χ3v) is 5.74. The Bertz CT molecular complexity index is 328. The van der Waals surface area contributed by atoms with E-state index >= 15 is 0 Å². The van der Waals surface area contributed by atoms with Gasteiger partial charge in [-0.15, -0.1) is 0 Å². The zero-order valence-corrected chi connectivity index (χ0v) is 14.7. The minimum absolute atomic E-state index is 0.238. The first-order chi connectivity index (χ1) is 8.99. The van der Waals surface area contributed by atoms with Crippen molar-refractivity contribution >= 4 is 0 Å². The molecule has 1 heterocycles. The van der Waals surface area contributed by atoms with Crippen LogP contribution in [0.5, 0.6) is 0 Å². The van der Waals surface area contributed by atoms with Crippen LogP contribution < -0.4 is 5.73 Å². The third kappa shape index (κ3) is 3.39. The molecule has 2 nitrogen and oxygen atoms in total. The smallest absolute Gasteiger partial charge is 0.0341 e. The molecule has 0 atom stereocenters. The standard InChI is InChI=1S/C18H36N2/c1-15(2)7-9-20(10-8-15)18(14-19)12-16(3,4)11-17(5,6)13-18/h7-14,19H2,1-6H3. The van der Waals surface area contributed by atoms with Crippen molar-refractivity contribution in [2.75, 3.05) is 19.6 Å². The molecular formula is C18H36N2. The molecule has 0 aromatic heterocycles. The number of rotatable bonds is 2. The van der Waals surface area contributed by atoms with Crippen LogP contribution in [0.15, 0.2) is 0 Å². The van der Waals surface area contributed by atoms with Gasteiger partial charge >= 0.3 is 0 Å². The Morgan fingerprint density at radius 3 is 1.60 bits per heavy atom. The van der Waals surface area contributed by atoms with Crippen molar-refractivity contribution < 1.29 is 0 Å². The first-order valence-electron chi connectivity index (χ1n) is 8.45. The van der Waals surface area contributed by atoms with Crippen LogP contribution >= 0.6 is 0 Å². The van der Waals surface area contributed by atoms with Crippen LogP contribution in [0.2, 0.25) is 0 Å². The van der Waals surface area contributed by atoms with Crippen molar-refractivity contribution in [3.63, 3.8) is 0 Å². The fourth-order valence-electron chi connectivity index (χ4n) is 5.35. The highest BCUT2D eigenvalue weighted by Gasteiger charge is 2.50. The Morgan fingerprint density at radius 1 is 0.750 bits per heavy atom. The van der Waals surface area contributed by atoms with Crippen molar-refractivity contribution in [2.24, 2.45) is 22.0 Å². The summed E-state index contributed by atoms with van der Waals surface area (Å²) in [5, 5.41) is 0. The van der Waals surface area contributed by atoms with Gasteiger partial charge in [0.15, 0.2) is 0 Å². The number of hydrogen-bond acceptors (Lipinski definition) is 2. The maximum atomic E-state index is 6.34. The van der Waals surface area contributed by atoms with Crippen molar-refractivity contribution in [3.05, 3.63) is 0 Å². The number of likely N-dealkylation sites (tertiary alicyclic amines) is 1. The molecule has 0 aromatic carbocycles. The maximum absolute atomic E-state index is 6.34. The van der Waals surface area contributed by atoms with Gasteiger partial charge in [0.2, 0.25) is 0 Å². The molecule has 0 bridgehead atoms. The minimum Gasteiger partial charge on any atom is -0.329 e. The van der Waals surface area contributed by atoms with Gasteiger partial charge in [-0.1, -0.05) is 41.5 Å². The summed E-state index contributed by atoms with van der Waals surface area (Å²) in [5.41, 5.74) is 7.92. The van der Waals surface area contributed by atoms with E-state index in [1.165, 1.54) is 45.2 Å². The summed E-state index contributed by atoms with van der Waals surface area (Å²) >= 11 is 0. The van der Waals surface area contributed by atoms with E-state index in [1.54, 1.807) is 0 Å². The monoisotopic (exact) mass is 280 g/mol. The van der Waals surface area contributed by atoms with Crippen LogP contribution in [0, 0.1) is 16.2 Å². The Morgan fingerprint density at radius 2 is 1.20 bits per heavy atom. The zero-order chi connectivity index (χ0) is 15.2. The van der Waals surface area contributed by atoms with Crippen LogP contribution in [-0.2, 0) is 0 Å². The predicted octanol–water partition coefficient (Wildman–Crippen LogP) is 4.04. The average molecular weight is 281 g/mol. The second kappa shape index (κ2) is 4.98. The van der Waals surface area contributed by atoms with E-state index in [0.29, 0.717) is 16.2 Å². The summed E-state index contributed by atoms with van der Waals surface area (Å²) in [5.74, 6) is 0. The minimum atomic E-state index is 0.238. The predicted molar refractivity (Wildman–Crippen MR) is 87.8 cm³/mol. The van der Waals surface area contributed by atoms with Crippen LogP contribution in [0.4, 0.5) is 0 Å². The fourth-order valence-corrected chi connectivity index (χ4v) is 5.35. The molecule has 0 aromatic rings. The molecule has 2 heteroatoms. The van der Waals surface area contributed by atoms with E-state index in [4.69, 9.17) is 5.73 Å². The molecule has 1 saturated heterocycles. The summed E-state index contributed by atoms with van der Waals surface area (Å²) in [7, 11) is 0. The molecule has 118 valence electrons. The lowest BCUT2D eigenvalue weighted by molar-refractivity contribution is -0.0631. The molecule has 2 fully saturated rings. The molecule has 20 heavy (non-hydrogen) atoms. The van der Waals surface area contributed by atoms with Crippen LogP contribution in [0.3, 0.4) is 0 Å². The lowest BCUT2D eigenvalue weighted by Crippen LogP contribution is -2.62. The molecule has 0 spiro atoms. The molecule has 1 saturated carbocycles. The average Bonchev–Trinajstić information content (AvgIpc) is 2.24. The van der Waals surface area contributed by atoms with E-state index in [1.807, 2.05) is 0 Å². The number of hydrogen-bond donors (Lipinski definition) is 1. The molecule has 1 aliphatic carbocycles. The third-order valence-electron chi connectivity index (χ3n) is 5.74. The van der Waals surface area contributed by atoms with Crippen molar-refractivity contribution in [3.8, 4) is 0 Å². The Labute approximate surface area is 126 Å². The summed E-state index contributed by atoms with van der Waals surface area (Å²) in [6.45, 7) is 17.9. The lowest BCUT2D eigenvalue weighted by Gasteiger charge is -2.58. The van der Waals surface area contributed by atoms with E-state index in [0.717, 1.165) is 6.54 Å². The summed E-state index contributed by atoms with van der Waals surface area (Å²) in [4.78, 5) is 2.75. The quantitative estimate of drug-likeness (QED) is 0.827. The van der Waals surface area contributed by atoms with Crippen LogP contribution in [-0.4, -0.2) is 30.1 Å². The lowest BCUT2D eigenvalue weighted by atomic mass is 9.57. The van der Waals surface area contributed by atoms with Gasteiger partial charge in [0.05, 0.1) is 0 Å². The molecule has 1 aliphatic heterocycles. The van der Waals surface area contributed by atoms with Gasteiger partial charge in [0.25, 0.3) is 0 Å². The van der Waals surface area contributed by atoms with Gasteiger partial charge < -0.3 is 5.73 Å². The molecule has 2 rings (SSSR count). The van der Waals surface area contributed by atoms with E-state index in [9.17, 15) is 0 Å². The highest BCUT2D eigenvalue weighted by Crippen LogP contribution is 2.52. The molecule has 0 unspecified atom stereocenters. The summed E-state index contributed by atoms with van der Waals surface area (Å²) in [6.07, 6.45) is 6.48. The van der Waals surface area contributed by atoms with Gasteiger partial charge in [0.1, 0.15) is 0 Å². The number of nitrogens with two attached hydrogens (primary N) is 1. The Balaban J connectivity index is 2.21. The molecule has 0 radical (unpaired) electrons. The van der Waals surface area contributed by atoms with Crippen molar-refractivity contribution in [2.45, 2.75) is 79.2 Å². The van der Waals surface area contributed by atoms with Gasteiger partial charge in [-0.25, -0.2) is 0 Å². The van der Waals surface area contributed by atoms with Crippen LogP contribution in [0.25, 0.3) is 0 Å². The van der Waals surface area contributed by atoms with Gasteiger partial charge in [-0.2, -0.15) is 0 Å². The maximum Gasteiger partial charge on any atom is 0.0341 e. The molecule has 2 aliphatic rings. The van der Waals surface area contributed by atoms with E-state index in [2.05, 4.69) is 46.4 Å². The van der Waals surface area contributed by atoms with Gasteiger partial charge in [-0.05, 0) is 61.4 Å². The largest absolute Gasteiger partial charge is 0.329 e. The Hall–Kier alpha value is -0.0800. The highest BCUT2D eigenvalue weighted by molar-refractivity contribution is 5.05. The number of nitrogens with zero attached hydrogens (tertiary/aromatic N) is 1. The van der Waals surface area contributed by atoms with Crippen molar-refractivity contribution in [1.82, 2.24) is 4.90 Å². The van der Waals surface area contributed by atoms with Crippen molar-refractivity contribution in [1.29, 1.82) is 0 Å². The number of piperidine rings is 1. The normalized spacial score (nSPS) is 31.9.